The standard InChI is InChI=1S/C16H35N8O4P/c1-17-13(25)21(5)9-29(10-22(6)14(26)18-2,11-23(7)15(27)19-3)12-24(8)16(28)20-4/h9-12H2,1-8H3,(H3-,17,18,19,20,25,26,27,28)/p+1. The molecule has 0 aromatic heterocycles. The molecule has 0 aliphatic rings. The molecule has 168 valence electrons. The predicted octanol–water partition coefficient (Wildman–Crippen LogP) is -0.0812. The Balaban J connectivity index is 6.10. The van der Waals surface area contributed by atoms with E-state index >= 15 is 0 Å². The topological polar surface area (TPSA) is 129 Å². The van der Waals surface area contributed by atoms with Crippen molar-refractivity contribution in [3.63, 3.8) is 0 Å². The summed E-state index contributed by atoms with van der Waals surface area (Å²) in [6, 6.07) is -1.16. The maximum absolute atomic E-state index is 12.2. The molecule has 0 spiro atoms. The third-order valence-electron chi connectivity index (χ3n) is 4.29. The van der Waals surface area contributed by atoms with Crippen molar-refractivity contribution in [1.82, 2.24) is 40.9 Å². The zero-order valence-corrected chi connectivity index (χ0v) is 19.6. The highest BCUT2D eigenvalue weighted by Crippen LogP contribution is 2.59. The van der Waals surface area contributed by atoms with Gasteiger partial charge >= 0.3 is 24.1 Å². The number of carbonyl (C=O) groups is 4. The molecule has 0 aromatic carbocycles. The van der Waals surface area contributed by atoms with Crippen molar-refractivity contribution in [2.45, 2.75) is 0 Å². The van der Waals surface area contributed by atoms with E-state index in [1.165, 1.54) is 47.8 Å². The van der Waals surface area contributed by atoms with Crippen molar-refractivity contribution in [2.75, 3.05) is 81.5 Å². The van der Waals surface area contributed by atoms with Crippen LogP contribution in [0.2, 0.25) is 0 Å². The van der Waals surface area contributed by atoms with Crippen LogP contribution in [0.15, 0.2) is 0 Å². The minimum atomic E-state index is -2.33. The van der Waals surface area contributed by atoms with Gasteiger partial charge in [0.15, 0.2) is 0 Å². The number of amides is 8. The van der Waals surface area contributed by atoms with E-state index in [0.29, 0.717) is 25.1 Å². The van der Waals surface area contributed by atoms with Gasteiger partial charge in [0.05, 0.1) is 7.26 Å². The lowest BCUT2D eigenvalue weighted by Crippen LogP contribution is -2.47. The molecule has 0 rings (SSSR count). The second kappa shape index (κ2) is 12.2. The first-order chi connectivity index (χ1) is 13.5. The van der Waals surface area contributed by atoms with Crippen LogP contribution in [0, 0.1) is 0 Å². The van der Waals surface area contributed by atoms with Crippen molar-refractivity contribution in [2.24, 2.45) is 0 Å². The fraction of sp³-hybridized carbons (Fsp3) is 0.750. The number of nitrogens with zero attached hydrogens (tertiary/aromatic N) is 4. The lowest BCUT2D eigenvalue weighted by molar-refractivity contribution is 0.211. The quantitative estimate of drug-likeness (QED) is 0.397. The van der Waals surface area contributed by atoms with Gasteiger partial charge in [0.1, 0.15) is 25.1 Å². The molecule has 0 aromatic rings. The molecule has 4 N–H and O–H groups in total. The maximum atomic E-state index is 12.2. The Kier molecular flexibility index (Phi) is 11.1. The van der Waals surface area contributed by atoms with Gasteiger partial charge in [-0.15, -0.1) is 0 Å². The van der Waals surface area contributed by atoms with E-state index in [9.17, 15) is 19.2 Å². The summed E-state index contributed by atoms with van der Waals surface area (Å²) < 4.78 is 0. The van der Waals surface area contributed by atoms with Crippen molar-refractivity contribution in [3.8, 4) is 0 Å². The first kappa shape index (κ1) is 26.5. The van der Waals surface area contributed by atoms with Crippen LogP contribution in [-0.2, 0) is 0 Å². The first-order valence-corrected chi connectivity index (χ1v) is 11.6. The minimum Gasteiger partial charge on any atom is -0.341 e. The molecule has 0 atom stereocenters. The zero-order valence-electron chi connectivity index (χ0n) is 18.7. The smallest absolute Gasteiger partial charge is 0.319 e. The van der Waals surface area contributed by atoms with Crippen LogP contribution in [0.5, 0.6) is 0 Å². The molecule has 0 aliphatic carbocycles. The van der Waals surface area contributed by atoms with Gasteiger partial charge in [-0.05, 0) is 0 Å². The Morgan fingerprint density at radius 1 is 0.517 bits per heavy atom. The largest absolute Gasteiger partial charge is 0.341 e. The zero-order chi connectivity index (χ0) is 22.8. The van der Waals surface area contributed by atoms with Crippen LogP contribution in [0.3, 0.4) is 0 Å². The highest BCUT2D eigenvalue weighted by Gasteiger charge is 2.46. The van der Waals surface area contributed by atoms with Crippen LogP contribution in [0.4, 0.5) is 19.2 Å². The molecule has 0 bridgehead atoms. The Labute approximate surface area is 173 Å². The second-order valence-electron chi connectivity index (χ2n) is 6.92. The number of rotatable bonds is 8. The van der Waals surface area contributed by atoms with Crippen LogP contribution < -0.4 is 21.3 Å². The first-order valence-electron chi connectivity index (χ1n) is 9.03. The van der Waals surface area contributed by atoms with Crippen LogP contribution in [0.1, 0.15) is 0 Å². The number of carbonyl (C=O) groups excluding carboxylic acids is 4. The summed E-state index contributed by atoms with van der Waals surface area (Å²) in [4.78, 5) is 54.7. The molecule has 0 heterocycles. The van der Waals surface area contributed by atoms with Crippen molar-refractivity contribution >= 4 is 31.4 Å². The SMILES string of the molecule is CNC(=O)N(C)C[P+](CN(C)C(=O)NC)(CN(C)C(=O)NC)CN(C)C(=O)NC. The lowest BCUT2D eigenvalue weighted by atomic mass is 10.8. The molecule has 0 aliphatic heterocycles. The van der Waals surface area contributed by atoms with Crippen molar-refractivity contribution in [1.29, 1.82) is 0 Å². The summed E-state index contributed by atoms with van der Waals surface area (Å²) in [7, 11) is 10.4. The fourth-order valence-electron chi connectivity index (χ4n) is 3.09. The van der Waals surface area contributed by atoms with E-state index in [4.69, 9.17) is 0 Å². The average Bonchev–Trinajstić information content (AvgIpc) is 2.70. The van der Waals surface area contributed by atoms with E-state index < -0.39 is 7.26 Å². The third kappa shape index (κ3) is 8.18. The Morgan fingerprint density at radius 3 is 0.828 bits per heavy atom. The number of hydrogen-bond acceptors (Lipinski definition) is 4. The van der Waals surface area contributed by atoms with Crippen molar-refractivity contribution < 1.29 is 19.2 Å². The van der Waals surface area contributed by atoms with E-state index in [1.54, 1.807) is 28.2 Å². The van der Waals surface area contributed by atoms with E-state index in [2.05, 4.69) is 21.3 Å². The van der Waals surface area contributed by atoms with Gasteiger partial charge in [-0.1, -0.05) is 0 Å². The van der Waals surface area contributed by atoms with Gasteiger partial charge in [0, 0.05) is 56.4 Å². The maximum Gasteiger partial charge on any atom is 0.319 e. The van der Waals surface area contributed by atoms with E-state index in [1.807, 2.05) is 0 Å². The minimum absolute atomic E-state index is 0.290. The average molecular weight is 435 g/mol. The summed E-state index contributed by atoms with van der Waals surface area (Å²) in [5.74, 6) is 0. The molecule has 8 amide bonds. The molecule has 0 unspecified atom stereocenters. The molecular weight excluding hydrogens is 399 g/mol. The van der Waals surface area contributed by atoms with Gasteiger partial charge < -0.3 is 21.3 Å². The Hall–Kier alpha value is -2.49. The number of hydrogen-bond donors (Lipinski definition) is 4. The summed E-state index contributed by atoms with van der Waals surface area (Å²) in [6.45, 7) is 0. The molecule has 0 radical (unpaired) electrons. The molecule has 0 fully saturated rings. The van der Waals surface area contributed by atoms with Gasteiger partial charge in [0.2, 0.25) is 0 Å². The molecular formula is C16H36N8O4P+. The van der Waals surface area contributed by atoms with Crippen LogP contribution in [-0.4, -0.2) is 125 Å². The highest BCUT2D eigenvalue weighted by molar-refractivity contribution is 7.75. The fourth-order valence-corrected chi connectivity index (χ4v) is 7.74. The van der Waals surface area contributed by atoms with Crippen molar-refractivity contribution in [3.05, 3.63) is 0 Å². The van der Waals surface area contributed by atoms with E-state index in [-0.39, 0.29) is 24.1 Å². The second-order valence-corrected chi connectivity index (χ2v) is 10.7. The van der Waals surface area contributed by atoms with Gasteiger partial charge in [-0.25, -0.2) is 19.2 Å². The van der Waals surface area contributed by atoms with E-state index in [0.717, 1.165) is 0 Å². The summed E-state index contributed by atoms with van der Waals surface area (Å²) in [5, 5.41) is 10.3. The molecule has 0 saturated carbocycles. The summed E-state index contributed by atoms with van der Waals surface area (Å²) in [5.41, 5.74) is 0. The highest BCUT2D eigenvalue weighted by atomic mass is 31.2. The molecule has 12 nitrogen and oxygen atoms in total. The van der Waals surface area contributed by atoms with Gasteiger partial charge in [-0.2, -0.15) is 0 Å². The molecule has 0 saturated heterocycles. The Morgan fingerprint density at radius 2 is 0.690 bits per heavy atom. The molecule has 29 heavy (non-hydrogen) atoms. The number of nitrogens with one attached hydrogen (secondary N) is 4. The van der Waals surface area contributed by atoms with Crippen LogP contribution >= 0.6 is 7.26 Å². The monoisotopic (exact) mass is 435 g/mol. The predicted molar refractivity (Wildman–Crippen MR) is 115 cm³/mol. The lowest BCUT2D eigenvalue weighted by Gasteiger charge is -2.37. The third-order valence-corrected chi connectivity index (χ3v) is 8.39. The van der Waals surface area contributed by atoms with Gasteiger partial charge in [-0.3, -0.25) is 19.6 Å². The summed E-state index contributed by atoms with van der Waals surface area (Å²) in [6.07, 6.45) is 1.21. The summed E-state index contributed by atoms with van der Waals surface area (Å²) >= 11 is 0. The molecule has 13 heteroatoms. The Bertz CT molecular complexity index is 490. The van der Waals surface area contributed by atoms with Gasteiger partial charge in [0.25, 0.3) is 0 Å². The van der Waals surface area contributed by atoms with Crippen LogP contribution in [0.25, 0.3) is 0 Å². The number of urea groups is 4. The normalized spacial score (nSPS) is 10.5.